The summed E-state index contributed by atoms with van der Waals surface area (Å²) >= 11 is 1.59. The van der Waals surface area contributed by atoms with E-state index in [9.17, 15) is 4.79 Å². The fourth-order valence-corrected chi connectivity index (χ4v) is 2.37. The number of thiophene rings is 1. The molecule has 2 aromatic rings. The van der Waals surface area contributed by atoms with E-state index >= 15 is 0 Å². The Morgan fingerprint density at radius 3 is 2.58 bits per heavy atom. The second-order valence-corrected chi connectivity index (χ2v) is 5.53. The van der Waals surface area contributed by atoms with Gasteiger partial charge in [0.2, 0.25) is 5.91 Å². The summed E-state index contributed by atoms with van der Waals surface area (Å²) in [6.07, 6.45) is 0.571. The van der Waals surface area contributed by atoms with Gasteiger partial charge in [0.05, 0.1) is 12.5 Å². The molecule has 3 nitrogen and oxygen atoms in total. The minimum atomic E-state index is -0.0000204. The number of amides is 1. The van der Waals surface area contributed by atoms with Crippen LogP contribution in [0.1, 0.15) is 18.7 Å². The van der Waals surface area contributed by atoms with Gasteiger partial charge in [0, 0.05) is 10.6 Å². The summed E-state index contributed by atoms with van der Waals surface area (Å²) in [5.74, 6) is 0.811. The van der Waals surface area contributed by atoms with Gasteiger partial charge in [-0.1, -0.05) is 6.07 Å². The monoisotopic (exact) mass is 275 g/mol. The Morgan fingerprint density at radius 1 is 1.26 bits per heavy atom. The standard InChI is InChI=1S/C15H17NO2S/c1-11(2)18-13-7-5-12(6-8-13)16-15(17)10-14-4-3-9-19-14/h3-9,11H,10H2,1-2H3,(H,16,17). The Kier molecular flexibility index (Phi) is 4.58. The summed E-state index contributed by atoms with van der Waals surface area (Å²) in [5, 5.41) is 4.85. The van der Waals surface area contributed by atoms with Gasteiger partial charge >= 0.3 is 0 Å². The normalized spacial score (nSPS) is 10.5. The van der Waals surface area contributed by atoms with Crippen LogP contribution in [-0.4, -0.2) is 12.0 Å². The number of benzene rings is 1. The van der Waals surface area contributed by atoms with Crippen LogP contribution < -0.4 is 10.1 Å². The lowest BCUT2D eigenvalue weighted by molar-refractivity contribution is -0.115. The fraction of sp³-hybridized carbons (Fsp3) is 0.267. The van der Waals surface area contributed by atoms with Crippen molar-refractivity contribution in [3.05, 3.63) is 46.7 Å². The van der Waals surface area contributed by atoms with Gasteiger partial charge in [0.25, 0.3) is 0 Å². The third-order valence-corrected chi connectivity index (χ3v) is 3.30. The molecule has 1 N–H and O–H groups in total. The van der Waals surface area contributed by atoms with Crippen LogP contribution >= 0.6 is 11.3 Å². The van der Waals surface area contributed by atoms with Crippen molar-refractivity contribution in [3.63, 3.8) is 0 Å². The highest BCUT2D eigenvalue weighted by molar-refractivity contribution is 7.10. The molecule has 0 saturated carbocycles. The number of nitrogens with one attached hydrogen (secondary N) is 1. The lowest BCUT2D eigenvalue weighted by atomic mass is 10.2. The first-order valence-electron chi connectivity index (χ1n) is 6.22. The predicted octanol–water partition coefficient (Wildman–Crippen LogP) is 3.72. The first-order valence-corrected chi connectivity index (χ1v) is 7.10. The summed E-state index contributed by atoms with van der Waals surface area (Å²) in [4.78, 5) is 12.9. The average molecular weight is 275 g/mol. The average Bonchev–Trinajstić information content (AvgIpc) is 2.83. The van der Waals surface area contributed by atoms with Gasteiger partial charge in [-0.05, 0) is 49.6 Å². The Labute approximate surface area is 117 Å². The maximum Gasteiger partial charge on any atom is 0.229 e. The van der Waals surface area contributed by atoms with E-state index in [1.165, 1.54) is 0 Å². The molecule has 100 valence electrons. The Morgan fingerprint density at radius 2 is 2.00 bits per heavy atom. The number of carbonyl (C=O) groups is 1. The molecule has 0 aliphatic rings. The van der Waals surface area contributed by atoms with Gasteiger partial charge < -0.3 is 10.1 Å². The minimum absolute atomic E-state index is 0.0000204. The van der Waals surface area contributed by atoms with Gasteiger partial charge in [0.1, 0.15) is 5.75 Å². The molecule has 0 aliphatic heterocycles. The van der Waals surface area contributed by atoms with Gasteiger partial charge in [-0.25, -0.2) is 0 Å². The number of carbonyl (C=O) groups excluding carboxylic acids is 1. The highest BCUT2D eigenvalue weighted by Gasteiger charge is 2.05. The van der Waals surface area contributed by atoms with Gasteiger partial charge in [-0.2, -0.15) is 0 Å². The van der Waals surface area contributed by atoms with Crippen LogP contribution in [-0.2, 0) is 11.2 Å². The SMILES string of the molecule is CC(C)Oc1ccc(NC(=O)Cc2cccs2)cc1. The maximum absolute atomic E-state index is 11.8. The number of hydrogen-bond acceptors (Lipinski definition) is 3. The van der Waals surface area contributed by atoms with Crippen LogP contribution in [0, 0.1) is 0 Å². The summed E-state index contributed by atoms with van der Waals surface area (Å²) in [5.41, 5.74) is 0.790. The van der Waals surface area contributed by atoms with Crippen molar-refractivity contribution in [3.8, 4) is 5.75 Å². The molecule has 0 saturated heterocycles. The molecule has 1 aromatic carbocycles. The molecule has 2 rings (SSSR count). The Balaban J connectivity index is 1.90. The van der Waals surface area contributed by atoms with E-state index in [2.05, 4.69) is 5.32 Å². The first kappa shape index (κ1) is 13.6. The Bertz CT molecular complexity index is 518. The molecule has 19 heavy (non-hydrogen) atoms. The Hall–Kier alpha value is -1.81. The third-order valence-electron chi connectivity index (χ3n) is 2.42. The third kappa shape index (κ3) is 4.41. The van der Waals surface area contributed by atoms with Gasteiger partial charge in [-0.15, -0.1) is 11.3 Å². The van der Waals surface area contributed by atoms with Crippen molar-refractivity contribution >= 4 is 22.9 Å². The molecule has 4 heteroatoms. The first-order chi connectivity index (χ1) is 9.13. The lowest BCUT2D eigenvalue weighted by Crippen LogP contribution is -2.13. The maximum atomic E-state index is 11.8. The zero-order chi connectivity index (χ0) is 13.7. The zero-order valence-corrected chi connectivity index (χ0v) is 11.9. The van der Waals surface area contributed by atoms with E-state index in [0.717, 1.165) is 16.3 Å². The van der Waals surface area contributed by atoms with Crippen molar-refractivity contribution in [2.45, 2.75) is 26.4 Å². The molecular formula is C15H17NO2S. The van der Waals surface area contributed by atoms with E-state index in [1.54, 1.807) is 11.3 Å². The number of ether oxygens (including phenoxy) is 1. The highest BCUT2D eigenvalue weighted by atomic mass is 32.1. The molecular weight excluding hydrogens is 258 g/mol. The smallest absolute Gasteiger partial charge is 0.229 e. The molecule has 0 atom stereocenters. The van der Waals surface area contributed by atoms with Gasteiger partial charge in [0.15, 0.2) is 0 Å². The van der Waals surface area contributed by atoms with E-state index in [1.807, 2.05) is 55.6 Å². The van der Waals surface area contributed by atoms with E-state index in [0.29, 0.717) is 6.42 Å². The van der Waals surface area contributed by atoms with E-state index in [-0.39, 0.29) is 12.0 Å². The van der Waals surface area contributed by atoms with Crippen LogP contribution in [0.4, 0.5) is 5.69 Å². The molecule has 0 spiro atoms. The molecule has 0 fully saturated rings. The quantitative estimate of drug-likeness (QED) is 0.903. The summed E-state index contributed by atoms with van der Waals surface area (Å²) < 4.78 is 5.55. The van der Waals surface area contributed by atoms with Crippen molar-refractivity contribution in [2.75, 3.05) is 5.32 Å². The molecule has 0 aliphatic carbocycles. The second-order valence-electron chi connectivity index (χ2n) is 4.50. The molecule has 0 bridgehead atoms. The van der Waals surface area contributed by atoms with Crippen molar-refractivity contribution in [2.24, 2.45) is 0 Å². The minimum Gasteiger partial charge on any atom is -0.491 e. The van der Waals surface area contributed by atoms with Crippen molar-refractivity contribution < 1.29 is 9.53 Å². The summed E-state index contributed by atoms with van der Waals surface area (Å²) in [6, 6.07) is 11.3. The molecule has 1 heterocycles. The predicted molar refractivity (Wildman–Crippen MR) is 78.9 cm³/mol. The fourth-order valence-electron chi connectivity index (χ4n) is 1.67. The summed E-state index contributed by atoms with van der Waals surface area (Å²) in [7, 11) is 0. The number of rotatable bonds is 5. The second kappa shape index (κ2) is 6.38. The highest BCUT2D eigenvalue weighted by Crippen LogP contribution is 2.17. The van der Waals surface area contributed by atoms with Crippen LogP contribution in [0.5, 0.6) is 5.75 Å². The molecule has 1 amide bonds. The van der Waals surface area contributed by atoms with Crippen LogP contribution in [0.25, 0.3) is 0 Å². The number of hydrogen-bond donors (Lipinski definition) is 1. The van der Waals surface area contributed by atoms with E-state index < -0.39 is 0 Å². The van der Waals surface area contributed by atoms with Crippen LogP contribution in [0.2, 0.25) is 0 Å². The van der Waals surface area contributed by atoms with Gasteiger partial charge in [-0.3, -0.25) is 4.79 Å². The van der Waals surface area contributed by atoms with Crippen LogP contribution in [0.3, 0.4) is 0 Å². The summed E-state index contributed by atoms with van der Waals surface area (Å²) in [6.45, 7) is 3.97. The molecule has 0 radical (unpaired) electrons. The van der Waals surface area contributed by atoms with Crippen molar-refractivity contribution in [1.82, 2.24) is 0 Å². The largest absolute Gasteiger partial charge is 0.491 e. The van der Waals surface area contributed by atoms with E-state index in [4.69, 9.17) is 4.74 Å². The molecule has 0 unspecified atom stereocenters. The zero-order valence-electron chi connectivity index (χ0n) is 11.1. The van der Waals surface area contributed by atoms with Crippen molar-refractivity contribution in [1.29, 1.82) is 0 Å². The lowest BCUT2D eigenvalue weighted by Gasteiger charge is -2.10. The van der Waals surface area contributed by atoms with Crippen LogP contribution in [0.15, 0.2) is 41.8 Å². The number of anilines is 1. The molecule has 1 aromatic heterocycles. The topological polar surface area (TPSA) is 38.3 Å².